The van der Waals surface area contributed by atoms with Crippen LogP contribution in [0.2, 0.25) is 0 Å². The predicted molar refractivity (Wildman–Crippen MR) is 126 cm³/mol. The van der Waals surface area contributed by atoms with Crippen LogP contribution in [0.3, 0.4) is 0 Å². The first kappa shape index (κ1) is 21.2. The first-order valence-electron chi connectivity index (χ1n) is 11.0. The Kier molecular flexibility index (Phi) is 6.25. The number of aromatic nitrogens is 3. The zero-order valence-corrected chi connectivity index (χ0v) is 18.8. The van der Waals surface area contributed by atoms with Gasteiger partial charge in [0.15, 0.2) is 5.82 Å². The first-order chi connectivity index (χ1) is 15.8. The van der Waals surface area contributed by atoms with Gasteiger partial charge in [-0.1, -0.05) is 48.5 Å². The van der Waals surface area contributed by atoms with E-state index in [1.807, 2.05) is 72.4 Å². The minimum absolute atomic E-state index is 0.0195. The lowest BCUT2D eigenvalue weighted by molar-refractivity contribution is -0.0129. The summed E-state index contributed by atoms with van der Waals surface area (Å²) >= 11 is 1.95. The first-order valence-corrected chi connectivity index (χ1v) is 12.2. The highest BCUT2D eigenvalue weighted by Crippen LogP contribution is 2.33. The van der Waals surface area contributed by atoms with Crippen molar-refractivity contribution >= 4 is 17.7 Å². The Morgan fingerprint density at radius 1 is 1.06 bits per heavy atom. The zero-order chi connectivity index (χ0) is 21.8. The Labute approximate surface area is 192 Å². The number of thioether (sulfide) groups is 1. The SMILES string of the molecule is O=C(NCC1(N2CCOCC2)CCSC1)c1nc(-c2ccccc2)n(-c2ccccc2)n1. The van der Waals surface area contributed by atoms with E-state index < -0.39 is 0 Å². The van der Waals surface area contributed by atoms with Gasteiger partial charge in [-0.3, -0.25) is 9.69 Å². The second-order valence-electron chi connectivity index (χ2n) is 8.18. The fourth-order valence-corrected chi connectivity index (χ4v) is 5.87. The van der Waals surface area contributed by atoms with Gasteiger partial charge in [-0.15, -0.1) is 5.10 Å². The number of amides is 1. The van der Waals surface area contributed by atoms with Crippen LogP contribution in [0.1, 0.15) is 17.0 Å². The van der Waals surface area contributed by atoms with Crippen LogP contribution in [0.4, 0.5) is 0 Å². The summed E-state index contributed by atoms with van der Waals surface area (Å²) in [6.07, 6.45) is 1.07. The van der Waals surface area contributed by atoms with E-state index in [4.69, 9.17) is 4.74 Å². The molecule has 32 heavy (non-hydrogen) atoms. The fraction of sp³-hybridized carbons (Fsp3) is 0.375. The number of para-hydroxylation sites is 1. The number of carbonyl (C=O) groups excluding carboxylic acids is 1. The molecule has 2 saturated heterocycles. The third-order valence-corrected chi connectivity index (χ3v) is 7.42. The van der Waals surface area contributed by atoms with Gasteiger partial charge in [0.1, 0.15) is 0 Å². The summed E-state index contributed by atoms with van der Waals surface area (Å²) in [7, 11) is 0. The van der Waals surface area contributed by atoms with Crippen molar-refractivity contribution in [1.82, 2.24) is 25.0 Å². The molecule has 1 atom stereocenters. The molecule has 1 unspecified atom stereocenters. The van der Waals surface area contributed by atoms with E-state index in [0.717, 1.165) is 55.5 Å². The van der Waals surface area contributed by atoms with Crippen LogP contribution >= 0.6 is 11.8 Å². The molecule has 7 nitrogen and oxygen atoms in total. The number of ether oxygens (including phenoxy) is 1. The number of morpholine rings is 1. The Morgan fingerprint density at radius 3 is 2.47 bits per heavy atom. The van der Waals surface area contributed by atoms with Crippen molar-refractivity contribution in [2.75, 3.05) is 44.4 Å². The molecule has 2 aromatic carbocycles. The second kappa shape index (κ2) is 9.44. The van der Waals surface area contributed by atoms with Crippen LogP contribution < -0.4 is 5.32 Å². The lowest BCUT2D eigenvalue weighted by Crippen LogP contribution is -2.59. The minimum Gasteiger partial charge on any atom is -0.379 e. The molecule has 0 radical (unpaired) electrons. The molecule has 0 aliphatic carbocycles. The molecule has 0 saturated carbocycles. The highest BCUT2D eigenvalue weighted by atomic mass is 32.2. The Balaban J connectivity index is 1.39. The van der Waals surface area contributed by atoms with Crippen molar-refractivity contribution < 1.29 is 9.53 Å². The predicted octanol–water partition coefficient (Wildman–Crippen LogP) is 2.87. The summed E-state index contributed by atoms with van der Waals surface area (Å²) in [6.45, 7) is 3.93. The number of rotatable bonds is 6. The van der Waals surface area contributed by atoms with E-state index in [1.54, 1.807) is 4.68 Å². The van der Waals surface area contributed by atoms with Crippen LogP contribution in [0.15, 0.2) is 60.7 Å². The van der Waals surface area contributed by atoms with Crippen molar-refractivity contribution in [1.29, 1.82) is 0 Å². The normalized spacial score (nSPS) is 21.5. The van der Waals surface area contributed by atoms with Gasteiger partial charge in [0.05, 0.1) is 18.9 Å². The molecule has 2 fully saturated rings. The third kappa shape index (κ3) is 4.30. The van der Waals surface area contributed by atoms with Crippen LogP contribution in [0.5, 0.6) is 0 Å². The van der Waals surface area contributed by atoms with Gasteiger partial charge in [0.25, 0.3) is 5.91 Å². The third-order valence-electron chi connectivity index (χ3n) is 6.19. The van der Waals surface area contributed by atoms with Crippen molar-refractivity contribution in [3.05, 3.63) is 66.5 Å². The van der Waals surface area contributed by atoms with Gasteiger partial charge in [-0.25, -0.2) is 9.67 Å². The lowest BCUT2D eigenvalue weighted by atomic mass is 9.95. The van der Waals surface area contributed by atoms with Crippen LogP contribution in [-0.4, -0.2) is 75.5 Å². The molecular weight excluding hydrogens is 422 g/mol. The quantitative estimate of drug-likeness (QED) is 0.624. The molecule has 0 bridgehead atoms. The molecule has 1 aromatic heterocycles. The van der Waals surface area contributed by atoms with Gasteiger partial charge in [0.2, 0.25) is 5.82 Å². The summed E-state index contributed by atoms with van der Waals surface area (Å²) in [4.78, 5) is 20.3. The van der Waals surface area contributed by atoms with E-state index in [2.05, 4.69) is 20.3 Å². The lowest BCUT2D eigenvalue weighted by Gasteiger charge is -2.42. The smallest absolute Gasteiger partial charge is 0.291 e. The van der Waals surface area contributed by atoms with E-state index in [9.17, 15) is 4.79 Å². The summed E-state index contributed by atoms with van der Waals surface area (Å²) in [5.41, 5.74) is 1.77. The molecule has 1 N–H and O–H groups in total. The number of hydrogen-bond donors (Lipinski definition) is 1. The molecule has 2 aliphatic heterocycles. The number of carbonyl (C=O) groups is 1. The molecule has 3 heterocycles. The fourth-order valence-electron chi connectivity index (χ4n) is 4.39. The highest BCUT2D eigenvalue weighted by molar-refractivity contribution is 7.99. The molecule has 5 rings (SSSR count). The zero-order valence-electron chi connectivity index (χ0n) is 17.9. The average molecular weight is 450 g/mol. The van der Waals surface area contributed by atoms with E-state index in [-0.39, 0.29) is 17.3 Å². The van der Waals surface area contributed by atoms with E-state index in [1.165, 1.54) is 0 Å². The van der Waals surface area contributed by atoms with Crippen molar-refractivity contribution in [3.8, 4) is 17.1 Å². The van der Waals surface area contributed by atoms with Crippen LogP contribution in [0.25, 0.3) is 17.1 Å². The standard InChI is InChI=1S/C24H27N5O2S/c30-23(25-17-24(11-16-32-18-24)28-12-14-31-15-13-28)21-26-22(19-7-3-1-4-8-19)29(27-21)20-9-5-2-6-10-20/h1-10H,11-18H2,(H,25,30). The summed E-state index contributed by atoms with van der Waals surface area (Å²) < 4.78 is 7.28. The van der Waals surface area contributed by atoms with Gasteiger partial charge in [-0.05, 0) is 24.3 Å². The molecule has 1 amide bonds. The molecule has 166 valence electrons. The maximum absolute atomic E-state index is 13.2. The summed E-state index contributed by atoms with van der Waals surface area (Å²) in [5.74, 6) is 2.75. The number of benzene rings is 2. The van der Waals surface area contributed by atoms with E-state index in [0.29, 0.717) is 12.4 Å². The maximum Gasteiger partial charge on any atom is 0.291 e. The summed E-state index contributed by atoms with van der Waals surface area (Å²) in [5, 5.41) is 7.74. The second-order valence-corrected chi connectivity index (χ2v) is 9.29. The average Bonchev–Trinajstić information content (AvgIpc) is 3.53. The number of nitrogens with one attached hydrogen (secondary N) is 1. The monoisotopic (exact) mass is 449 g/mol. The van der Waals surface area contributed by atoms with Crippen molar-refractivity contribution in [2.24, 2.45) is 0 Å². The van der Waals surface area contributed by atoms with Gasteiger partial charge in [-0.2, -0.15) is 11.8 Å². The number of hydrogen-bond acceptors (Lipinski definition) is 6. The molecular formula is C24H27N5O2S. The Morgan fingerprint density at radius 2 is 1.78 bits per heavy atom. The largest absolute Gasteiger partial charge is 0.379 e. The Bertz CT molecular complexity index is 988. The molecule has 3 aromatic rings. The van der Waals surface area contributed by atoms with Crippen LogP contribution in [0, 0.1) is 0 Å². The van der Waals surface area contributed by atoms with Gasteiger partial charge >= 0.3 is 0 Å². The minimum atomic E-state index is -0.235. The van der Waals surface area contributed by atoms with Gasteiger partial charge in [0, 0.05) is 36.5 Å². The number of nitrogens with zero attached hydrogens (tertiary/aromatic N) is 4. The van der Waals surface area contributed by atoms with Gasteiger partial charge < -0.3 is 10.1 Å². The Hall–Kier alpha value is -2.68. The van der Waals surface area contributed by atoms with Crippen LogP contribution in [-0.2, 0) is 4.74 Å². The van der Waals surface area contributed by atoms with Crippen molar-refractivity contribution in [3.63, 3.8) is 0 Å². The van der Waals surface area contributed by atoms with E-state index >= 15 is 0 Å². The maximum atomic E-state index is 13.2. The molecule has 8 heteroatoms. The molecule has 0 spiro atoms. The van der Waals surface area contributed by atoms with Crippen molar-refractivity contribution in [2.45, 2.75) is 12.0 Å². The molecule has 2 aliphatic rings. The summed E-state index contributed by atoms with van der Waals surface area (Å²) in [6, 6.07) is 19.6. The highest BCUT2D eigenvalue weighted by Gasteiger charge is 2.41. The topological polar surface area (TPSA) is 72.3 Å².